The third-order valence-electron chi connectivity index (χ3n) is 5.10. The van der Waals surface area contributed by atoms with E-state index in [4.69, 9.17) is 9.47 Å². The van der Waals surface area contributed by atoms with Crippen molar-refractivity contribution in [1.29, 1.82) is 0 Å². The maximum Gasteiger partial charge on any atom is 0.269 e. The fourth-order valence-corrected chi connectivity index (χ4v) is 3.66. The fraction of sp³-hybridized carbons (Fsp3) is 0.259. The van der Waals surface area contributed by atoms with Crippen molar-refractivity contribution < 1.29 is 19.1 Å². The molecule has 0 radical (unpaired) electrons. The number of unbranched alkanes of at least 4 members (excludes halogenated alkanes) is 3. The molecule has 6 nitrogen and oxygen atoms in total. The van der Waals surface area contributed by atoms with Gasteiger partial charge in [-0.15, -0.1) is 0 Å². The Bertz CT molecular complexity index is 1070. The van der Waals surface area contributed by atoms with Crippen LogP contribution in [0.4, 0.5) is 0 Å². The maximum atomic E-state index is 12.4. The number of hydrogen-bond acceptors (Lipinski definition) is 4. The molecule has 2 amide bonds. The molecule has 0 fully saturated rings. The molecule has 0 aliphatic heterocycles. The molecule has 178 valence electrons. The summed E-state index contributed by atoms with van der Waals surface area (Å²) < 4.78 is 12.2. The van der Waals surface area contributed by atoms with Crippen LogP contribution in [0.1, 0.15) is 58.9 Å². The second kappa shape index (κ2) is 13.4. The van der Waals surface area contributed by atoms with Crippen LogP contribution >= 0.6 is 15.9 Å². The molecule has 0 heterocycles. The molecule has 0 aromatic heterocycles. The van der Waals surface area contributed by atoms with Crippen LogP contribution in [0.3, 0.4) is 0 Å². The average molecular weight is 525 g/mol. The highest BCUT2D eigenvalue weighted by molar-refractivity contribution is 9.10. The van der Waals surface area contributed by atoms with E-state index in [0.717, 1.165) is 18.4 Å². The normalized spacial score (nSPS) is 10.4. The van der Waals surface area contributed by atoms with Crippen molar-refractivity contribution in [3.8, 4) is 11.5 Å². The Kier molecular flexibility index (Phi) is 9.98. The van der Waals surface area contributed by atoms with Crippen molar-refractivity contribution in [2.45, 2.75) is 39.2 Å². The van der Waals surface area contributed by atoms with Gasteiger partial charge in [0.1, 0.15) is 18.1 Å². The molecule has 3 rings (SSSR count). The van der Waals surface area contributed by atoms with Crippen LogP contribution in [0.2, 0.25) is 0 Å². The van der Waals surface area contributed by atoms with Gasteiger partial charge in [-0.3, -0.25) is 20.4 Å². The largest absolute Gasteiger partial charge is 0.492 e. The summed E-state index contributed by atoms with van der Waals surface area (Å²) in [5.41, 5.74) is 6.74. The summed E-state index contributed by atoms with van der Waals surface area (Å²) in [5.74, 6) is 0.494. The molecule has 7 heteroatoms. The lowest BCUT2D eigenvalue weighted by Gasteiger charge is -2.11. The summed E-state index contributed by atoms with van der Waals surface area (Å²) >= 11 is 3.45. The molecule has 3 aromatic rings. The molecule has 3 aromatic carbocycles. The highest BCUT2D eigenvalue weighted by atomic mass is 79.9. The summed E-state index contributed by atoms with van der Waals surface area (Å²) in [6.07, 6.45) is 4.51. The molecule has 2 N–H and O–H groups in total. The molecular weight excluding hydrogens is 496 g/mol. The molecule has 0 bridgehead atoms. The summed E-state index contributed by atoms with van der Waals surface area (Å²) in [4.78, 5) is 24.8. The summed E-state index contributed by atoms with van der Waals surface area (Å²) in [6.45, 7) is 3.25. The third-order valence-corrected chi connectivity index (χ3v) is 5.72. The van der Waals surface area contributed by atoms with E-state index < -0.39 is 11.8 Å². The van der Waals surface area contributed by atoms with E-state index in [-0.39, 0.29) is 0 Å². The van der Waals surface area contributed by atoms with Crippen molar-refractivity contribution in [2.75, 3.05) is 6.61 Å². The van der Waals surface area contributed by atoms with Crippen LogP contribution in [-0.2, 0) is 6.61 Å². The predicted octanol–water partition coefficient (Wildman–Crippen LogP) is 6.06. The van der Waals surface area contributed by atoms with Crippen molar-refractivity contribution in [2.24, 2.45) is 0 Å². The second-order valence-electron chi connectivity index (χ2n) is 7.76. The zero-order chi connectivity index (χ0) is 24.2. The maximum absolute atomic E-state index is 12.4. The van der Waals surface area contributed by atoms with Crippen molar-refractivity contribution in [1.82, 2.24) is 10.9 Å². The lowest BCUT2D eigenvalue weighted by atomic mass is 10.2. The quantitative estimate of drug-likeness (QED) is 0.236. The average Bonchev–Trinajstić information content (AvgIpc) is 2.87. The van der Waals surface area contributed by atoms with Crippen molar-refractivity contribution in [3.05, 3.63) is 94.0 Å². The van der Waals surface area contributed by atoms with Gasteiger partial charge >= 0.3 is 0 Å². The van der Waals surface area contributed by atoms with Crippen LogP contribution in [0.15, 0.2) is 77.3 Å². The second-order valence-corrected chi connectivity index (χ2v) is 8.62. The summed E-state index contributed by atoms with van der Waals surface area (Å²) in [7, 11) is 0. The van der Waals surface area contributed by atoms with E-state index in [9.17, 15) is 9.59 Å². The Morgan fingerprint density at radius 2 is 1.47 bits per heavy atom. The smallest absolute Gasteiger partial charge is 0.269 e. The number of ether oxygens (including phenoxy) is 2. The lowest BCUT2D eigenvalue weighted by molar-refractivity contribution is 0.0846. The van der Waals surface area contributed by atoms with E-state index in [0.29, 0.717) is 40.3 Å². The van der Waals surface area contributed by atoms with Crippen LogP contribution in [0, 0.1) is 0 Å². The van der Waals surface area contributed by atoms with Crippen molar-refractivity contribution >= 4 is 27.7 Å². The predicted molar refractivity (Wildman–Crippen MR) is 136 cm³/mol. The number of carbonyl (C=O) groups excluding carboxylic acids is 2. The zero-order valence-electron chi connectivity index (χ0n) is 19.2. The van der Waals surface area contributed by atoms with Gasteiger partial charge in [-0.2, -0.15) is 0 Å². The van der Waals surface area contributed by atoms with E-state index in [1.807, 2.05) is 30.3 Å². The summed E-state index contributed by atoms with van der Waals surface area (Å²) in [6, 6.07) is 21.6. The lowest BCUT2D eigenvalue weighted by Crippen LogP contribution is -2.41. The molecule has 0 atom stereocenters. The van der Waals surface area contributed by atoms with Crippen LogP contribution in [0.25, 0.3) is 0 Å². The van der Waals surface area contributed by atoms with Gasteiger partial charge in [-0.1, -0.05) is 56.5 Å². The minimum Gasteiger partial charge on any atom is -0.492 e. The van der Waals surface area contributed by atoms with E-state index in [1.165, 1.54) is 12.8 Å². The Hall–Kier alpha value is -3.32. The zero-order valence-corrected chi connectivity index (χ0v) is 20.8. The van der Waals surface area contributed by atoms with Gasteiger partial charge < -0.3 is 9.47 Å². The number of halogens is 1. The molecule has 0 unspecified atom stereocenters. The number of benzene rings is 3. The number of amides is 2. The first-order chi connectivity index (χ1) is 16.6. The van der Waals surface area contributed by atoms with E-state index in [2.05, 4.69) is 33.7 Å². The Labute approximate surface area is 208 Å². The van der Waals surface area contributed by atoms with E-state index in [1.54, 1.807) is 42.5 Å². The van der Waals surface area contributed by atoms with Gasteiger partial charge in [0.05, 0.1) is 11.1 Å². The molecule has 0 aliphatic rings. The SMILES string of the molecule is CCCCCCOc1ccc(C(=O)NNC(=O)c2ccc(OCc3ccccc3)cc2)cc1Br. The first kappa shape index (κ1) is 25.3. The van der Waals surface area contributed by atoms with Gasteiger partial charge in [0, 0.05) is 11.1 Å². The van der Waals surface area contributed by atoms with Gasteiger partial charge in [0.2, 0.25) is 0 Å². The van der Waals surface area contributed by atoms with Gasteiger partial charge in [0.15, 0.2) is 0 Å². The molecule has 0 saturated carbocycles. The van der Waals surface area contributed by atoms with Crippen LogP contribution in [-0.4, -0.2) is 18.4 Å². The molecule has 34 heavy (non-hydrogen) atoms. The minimum atomic E-state index is -0.425. The highest BCUT2D eigenvalue weighted by Gasteiger charge is 2.12. The van der Waals surface area contributed by atoms with E-state index >= 15 is 0 Å². The van der Waals surface area contributed by atoms with Crippen LogP contribution in [0.5, 0.6) is 11.5 Å². The molecular formula is C27H29BrN2O4. The summed E-state index contributed by atoms with van der Waals surface area (Å²) in [5, 5.41) is 0. The number of hydrazine groups is 1. The molecule has 0 spiro atoms. The Morgan fingerprint density at radius 3 is 2.15 bits per heavy atom. The fourth-order valence-electron chi connectivity index (χ4n) is 3.17. The number of hydrogen-bond donors (Lipinski definition) is 2. The van der Waals surface area contributed by atoms with Gasteiger partial charge in [0.25, 0.3) is 11.8 Å². The number of rotatable bonds is 11. The van der Waals surface area contributed by atoms with Gasteiger partial charge in [-0.05, 0) is 70.4 Å². The first-order valence-electron chi connectivity index (χ1n) is 11.4. The standard InChI is InChI=1S/C27H29BrN2O4/c1-2-3-4-8-17-33-25-16-13-22(18-24(25)28)27(32)30-29-26(31)21-11-14-23(15-12-21)34-19-20-9-6-5-7-10-20/h5-7,9-16,18H,2-4,8,17,19H2,1H3,(H,29,31)(H,30,32). The monoisotopic (exact) mass is 524 g/mol. The first-order valence-corrected chi connectivity index (χ1v) is 12.2. The van der Waals surface area contributed by atoms with Crippen LogP contribution < -0.4 is 20.3 Å². The number of nitrogens with one attached hydrogen (secondary N) is 2. The molecule has 0 saturated heterocycles. The Morgan fingerprint density at radius 1 is 0.794 bits per heavy atom. The van der Waals surface area contributed by atoms with Gasteiger partial charge in [-0.25, -0.2) is 0 Å². The minimum absolute atomic E-state index is 0.398. The number of carbonyl (C=O) groups is 2. The molecule has 0 aliphatic carbocycles. The highest BCUT2D eigenvalue weighted by Crippen LogP contribution is 2.26. The topological polar surface area (TPSA) is 76.7 Å². The Balaban J connectivity index is 1.45. The third kappa shape index (κ3) is 7.92. The van der Waals surface area contributed by atoms with Crippen molar-refractivity contribution in [3.63, 3.8) is 0 Å².